The van der Waals surface area contributed by atoms with Crippen LogP contribution in [0.15, 0.2) is 59.5 Å². The molecule has 7 nitrogen and oxygen atoms in total. The van der Waals surface area contributed by atoms with Crippen LogP contribution < -0.4 is 10.6 Å². The van der Waals surface area contributed by atoms with Crippen molar-refractivity contribution in [2.75, 3.05) is 18.4 Å². The highest BCUT2D eigenvalue weighted by Crippen LogP contribution is 2.26. The van der Waals surface area contributed by atoms with E-state index in [0.29, 0.717) is 37.2 Å². The number of rotatable bonds is 6. The molecule has 0 unspecified atom stereocenters. The zero-order valence-corrected chi connectivity index (χ0v) is 18.8. The number of amides is 2. The average molecular weight is 456 g/mol. The lowest BCUT2D eigenvalue weighted by atomic mass is 9.97. The number of anilines is 1. The van der Waals surface area contributed by atoms with Gasteiger partial charge in [-0.05, 0) is 49.9 Å². The van der Waals surface area contributed by atoms with Gasteiger partial charge in [0.1, 0.15) is 0 Å². The summed E-state index contributed by atoms with van der Waals surface area (Å²) in [5.41, 5.74) is 0.948. The molecule has 2 aromatic carbocycles. The summed E-state index contributed by atoms with van der Waals surface area (Å²) in [6, 6.07) is 15.6. The third kappa shape index (κ3) is 5.02. The van der Waals surface area contributed by atoms with Gasteiger partial charge in [-0.2, -0.15) is 4.31 Å². The minimum Gasteiger partial charge on any atom is -0.349 e. The molecule has 0 spiro atoms. The van der Waals surface area contributed by atoms with Crippen LogP contribution >= 0.6 is 0 Å². The summed E-state index contributed by atoms with van der Waals surface area (Å²) in [4.78, 5) is 25.9. The molecule has 1 aliphatic heterocycles. The van der Waals surface area contributed by atoms with E-state index >= 15 is 0 Å². The second kappa shape index (κ2) is 9.83. The maximum absolute atomic E-state index is 12.9. The zero-order valence-electron chi connectivity index (χ0n) is 18.0. The van der Waals surface area contributed by atoms with Crippen LogP contribution in [0, 0.1) is 5.92 Å². The van der Waals surface area contributed by atoms with Crippen LogP contribution in [0.3, 0.4) is 0 Å². The summed E-state index contributed by atoms with van der Waals surface area (Å²) in [5, 5.41) is 5.97. The number of benzene rings is 2. The van der Waals surface area contributed by atoms with Crippen LogP contribution in [0.4, 0.5) is 5.69 Å². The van der Waals surface area contributed by atoms with Gasteiger partial charge in [0.05, 0.1) is 16.1 Å². The molecule has 0 aromatic heterocycles. The van der Waals surface area contributed by atoms with Crippen LogP contribution in [-0.4, -0.2) is 43.7 Å². The first kappa shape index (κ1) is 22.5. The maximum atomic E-state index is 12.9. The van der Waals surface area contributed by atoms with Gasteiger partial charge in [0.25, 0.3) is 5.91 Å². The fourth-order valence-electron chi connectivity index (χ4n) is 4.46. The summed E-state index contributed by atoms with van der Waals surface area (Å²) in [6.07, 6.45) is 5.11. The first-order valence-corrected chi connectivity index (χ1v) is 12.6. The fraction of sp³-hybridized carbons (Fsp3) is 0.417. The van der Waals surface area contributed by atoms with Crippen LogP contribution in [0.2, 0.25) is 0 Å². The van der Waals surface area contributed by atoms with Crippen molar-refractivity contribution in [3.05, 3.63) is 60.2 Å². The Bertz CT molecular complexity index is 1060. The van der Waals surface area contributed by atoms with Gasteiger partial charge in [-0.3, -0.25) is 9.59 Å². The highest BCUT2D eigenvalue weighted by atomic mass is 32.2. The van der Waals surface area contributed by atoms with E-state index in [1.807, 2.05) is 0 Å². The normalized spacial score (nSPS) is 18.4. The highest BCUT2D eigenvalue weighted by Gasteiger charge is 2.32. The van der Waals surface area contributed by atoms with Crippen molar-refractivity contribution >= 4 is 27.5 Å². The number of para-hydroxylation sites is 1. The topological polar surface area (TPSA) is 95.6 Å². The number of piperidine rings is 1. The molecular formula is C24H29N3O4S. The lowest BCUT2D eigenvalue weighted by Crippen LogP contribution is -2.41. The Labute approximate surface area is 189 Å². The molecule has 0 radical (unpaired) electrons. The predicted molar refractivity (Wildman–Crippen MR) is 123 cm³/mol. The number of nitrogens with one attached hydrogen (secondary N) is 2. The van der Waals surface area contributed by atoms with Crippen LogP contribution in [0.5, 0.6) is 0 Å². The highest BCUT2D eigenvalue weighted by molar-refractivity contribution is 7.89. The lowest BCUT2D eigenvalue weighted by Gasteiger charge is -2.30. The third-order valence-electron chi connectivity index (χ3n) is 6.33. The number of sulfonamides is 1. The summed E-state index contributed by atoms with van der Waals surface area (Å²) >= 11 is 0. The SMILES string of the molecule is O=C(NC1CCCC1)c1ccccc1NC(=O)C1CCN(S(=O)(=O)c2ccccc2)CC1. The fourth-order valence-corrected chi connectivity index (χ4v) is 5.95. The minimum absolute atomic E-state index is 0.170. The van der Waals surface area contributed by atoms with E-state index in [-0.39, 0.29) is 28.7 Å². The van der Waals surface area contributed by atoms with E-state index in [1.165, 1.54) is 4.31 Å². The molecule has 8 heteroatoms. The quantitative estimate of drug-likeness (QED) is 0.698. The number of hydrogen-bond donors (Lipinski definition) is 2. The Balaban J connectivity index is 1.37. The van der Waals surface area contributed by atoms with Gasteiger partial charge in [0.2, 0.25) is 15.9 Å². The molecule has 1 heterocycles. The van der Waals surface area contributed by atoms with E-state index in [1.54, 1.807) is 54.6 Å². The van der Waals surface area contributed by atoms with Crippen molar-refractivity contribution in [3.63, 3.8) is 0 Å². The molecule has 0 bridgehead atoms. The second-order valence-corrected chi connectivity index (χ2v) is 10.4. The largest absolute Gasteiger partial charge is 0.349 e. The smallest absolute Gasteiger partial charge is 0.253 e. The number of nitrogens with zero attached hydrogens (tertiary/aromatic N) is 1. The molecule has 4 rings (SSSR count). The molecule has 2 aromatic rings. The van der Waals surface area contributed by atoms with Crippen molar-refractivity contribution in [1.82, 2.24) is 9.62 Å². The van der Waals surface area contributed by atoms with Gasteiger partial charge >= 0.3 is 0 Å². The Morgan fingerprint density at radius 1 is 0.844 bits per heavy atom. The van der Waals surface area contributed by atoms with Crippen molar-refractivity contribution in [3.8, 4) is 0 Å². The predicted octanol–water partition coefficient (Wildman–Crippen LogP) is 3.40. The average Bonchev–Trinajstić information content (AvgIpc) is 3.33. The Morgan fingerprint density at radius 3 is 2.16 bits per heavy atom. The summed E-state index contributed by atoms with van der Waals surface area (Å²) in [6.45, 7) is 0.582. The van der Waals surface area contributed by atoms with E-state index in [0.717, 1.165) is 25.7 Å². The Morgan fingerprint density at radius 2 is 1.47 bits per heavy atom. The molecule has 0 atom stereocenters. The van der Waals surface area contributed by atoms with E-state index in [9.17, 15) is 18.0 Å². The van der Waals surface area contributed by atoms with Gasteiger partial charge in [0.15, 0.2) is 0 Å². The van der Waals surface area contributed by atoms with Crippen molar-refractivity contribution in [2.45, 2.75) is 49.5 Å². The molecule has 2 fully saturated rings. The monoisotopic (exact) mass is 455 g/mol. The van der Waals surface area contributed by atoms with Crippen LogP contribution in [0.25, 0.3) is 0 Å². The van der Waals surface area contributed by atoms with E-state index in [4.69, 9.17) is 0 Å². The standard InChI is InChI=1S/C24H29N3O4S/c28-23(18-14-16-27(17-15-18)32(30,31)20-10-2-1-3-11-20)26-22-13-7-6-12-21(22)24(29)25-19-8-4-5-9-19/h1-3,6-7,10-13,18-19H,4-5,8-9,14-17H2,(H,25,29)(H,26,28). The number of carbonyl (C=O) groups excluding carboxylic acids is 2. The first-order chi connectivity index (χ1) is 15.4. The summed E-state index contributed by atoms with van der Waals surface area (Å²) in [7, 11) is -3.55. The minimum atomic E-state index is -3.55. The molecule has 2 aliphatic rings. The summed E-state index contributed by atoms with van der Waals surface area (Å²) < 4.78 is 27.0. The Kier molecular flexibility index (Phi) is 6.91. The van der Waals surface area contributed by atoms with Gasteiger partial charge in [-0.15, -0.1) is 0 Å². The second-order valence-electron chi connectivity index (χ2n) is 8.48. The molecule has 1 saturated carbocycles. The van der Waals surface area contributed by atoms with E-state index < -0.39 is 10.0 Å². The third-order valence-corrected chi connectivity index (χ3v) is 8.24. The van der Waals surface area contributed by atoms with Crippen LogP contribution in [-0.2, 0) is 14.8 Å². The maximum Gasteiger partial charge on any atom is 0.253 e. The van der Waals surface area contributed by atoms with Gasteiger partial charge in [-0.25, -0.2) is 8.42 Å². The lowest BCUT2D eigenvalue weighted by molar-refractivity contribution is -0.120. The van der Waals surface area contributed by atoms with Gasteiger partial charge in [-0.1, -0.05) is 43.2 Å². The van der Waals surface area contributed by atoms with Crippen molar-refractivity contribution < 1.29 is 18.0 Å². The molecule has 170 valence electrons. The molecule has 1 saturated heterocycles. The summed E-state index contributed by atoms with van der Waals surface area (Å²) in [5.74, 6) is -0.650. The first-order valence-electron chi connectivity index (χ1n) is 11.2. The van der Waals surface area contributed by atoms with Crippen molar-refractivity contribution in [1.29, 1.82) is 0 Å². The molecular weight excluding hydrogens is 426 g/mol. The van der Waals surface area contributed by atoms with Gasteiger partial charge in [0, 0.05) is 25.0 Å². The van der Waals surface area contributed by atoms with E-state index in [2.05, 4.69) is 10.6 Å². The van der Waals surface area contributed by atoms with Crippen LogP contribution in [0.1, 0.15) is 48.9 Å². The molecule has 2 amide bonds. The number of hydrogen-bond acceptors (Lipinski definition) is 4. The number of carbonyl (C=O) groups is 2. The van der Waals surface area contributed by atoms with Gasteiger partial charge < -0.3 is 10.6 Å². The Hall–Kier alpha value is -2.71. The van der Waals surface area contributed by atoms with Crippen molar-refractivity contribution in [2.24, 2.45) is 5.92 Å². The molecule has 2 N–H and O–H groups in total. The molecule has 1 aliphatic carbocycles. The zero-order chi connectivity index (χ0) is 22.6. The molecule has 32 heavy (non-hydrogen) atoms.